The number of carbonyl (C=O) groups is 1. The lowest BCUT2D eigenvalue weighted by Crippen LogP contribution is -2.45. The topological polar surface area (TPSA) is 74.5 Å². The Bertz CT molecular complexity index is 776. The van der Waals surface area contributed by atoms with E-state index in [2.05, 4.69) is 32.5 Å². The monoisotopic (exact) mass is 369 g/mol. The molecule has 2 fully saturated rings. The predicted molar refractivity (Wildman–Crippen MR) is 103 cm³/mol. The van der Waals surface area contributed by atoms with E-state index in [0.29, 0.717) is 11.7 Å². The zero-order valence-electron chi connectivity index (χ0n) is 16.0. The zero-order chi connectivity index (χ0) is 18.8. The molecule has 3 heterocycles. The Labute approximate surface area is 159 Å². The van der Waals surface area contributed by atoms with Crippen molar-refractivity contribution in [2.75, 3.05) is 24.5 Å². The van der Waals surface area contributed by atoms with Crippen molar-refractivity contribution >= 4 is 11.7 Å². The molecule has 1 aromatic heterocycles. The van der Waals surface area contributed by atoms with Crippen molar-refractivity contribution in [2.24, 2.45) is 0 Å². The van der Waals surface area contributed by atoms with Gasteiger partial charge in [-0.05, 0) is 31.4 Å². The fourth-order valence-electron chi connectivity index (χ4n) is 3.90. The second kappa shape index (κ2) is 7.58. The minimum absolute atomic E-state index is 0.0201. The van der Waals surface area contributed by atoms with Crippen molar-refractivity contribution in [3.05, 3.63) is 42.0 Å². The van der Waals surface area contributed by atoms with Crippen LogP contribution in [0.15, 0.2) is 34.9 Å². The molecule has 1 N–H and O–H groups in total. The normalized spacial score (nSPS) is 22.6. The van der Waals surface area contributed by atoms with Crippen LogP contribution >= 0.6 is 0 Å². The minimum atomic E-state index is -0.0899. The predicted octanol–water partition coefficient (Wildman–Crippen LogP) is 3.32. The third-order valence-electron chi connectivity index (χ3n) is 5.40. The molecule has 2 saturated heterocycles. The number of amides is 2. The Morgan fingerprint density at radius 1 is 1.22 bits per heavy atom. The summed E-state index contributed by atoms with van der Waals surface area (Å²) in [5.41, 5.74) is 1.21. The van der Waals surface area contributed by atoms with Gasteiger partial charge < -0.3 is 19.6 Å². The molecule has 7 nitrogen and oxygen atoms in total. The number of nitrogens with zero attached hydrogens (tertiary/aromatic N) is 4. The molecular weight excluding hydrogens is 342 g/mol. The van der Waals surface area contributed by atoms with Crippen LogP contribution in [-0.4, -0.2) is 46.7 Å². The van der Waals surface area contributed by atoms with Crippen LogP contribution in [0.1, 0.15) is 56.8 Å². The molecule has 2 aromatic rings. The van der Waals surface area contributed by atoms with Gasteiger partial charge in [0.1, 0.15) is 0 Å². The number of anilines is 1. The quantitative estimate of drug-likeness (QED) is 0.895. The van der Waals surface area contributed by atoms with Gasteiger partial charge in [-0.1, -0.05) is 37.2 Å². The van der Waals surface area contributed by atoms with Gasteiger partial charge in [0.05, 0.1) is 6.04 Å². The summed E-state index contributed by atoms with van der Waals surface area (Å²) < 4.78 is 5.34. The van der Waals surface area contributed by atoms with E-state index in [1.54, 1.807) is 0 Å². The van der Waals surface area contributed by atoms with E-state index >= 15 is 0 Å². The highest BCUT2D eigenvalue weighted by atomic mass is 16.5. The summed E-state index contributed by atoms with van der Waals surface area (Å²) >= 11 is 0. The number of rotatable bonds is 4. The summed E-state index contributed by atoms with van der Waals surface area (Å²) in [5, 5.41) is 7.33. The average Bonchev–Trinajstić information content (AvgIpc) is 3.41. The van der Waals surface area contributed by atoms with E-state index in [1.807, 2.05) is 36.9 Å². The number of benzene rings is 1. The Hall–Kier alpha value is -2.57. The second-order valence-electron chi connectivity index (χ2n) is 7.71. The molecule has 2 unspecified atom stereocenters. The maximum atomic E-state index is 12.9. The Morgan fingerprint density at radius 3 is 2.78 bits per heavy atom. The first-order valence-corrected chi connectivity index (χ1v) is 9.82. The van der Waals surface area contributed by atoms with Gasteiger partial charge in [-0.3, -0.25) is 0 Å². The van der Waals surface area contributed by atoms with E-state index in [0.717, 1.165) is 38.9 Å². The Balaban J connectivity index is 1.37. The van der Waals surface area contributed by atoms with Crippen LogP contribution in [0, 0.1) is 0 Å². The van der Waals surface area contributed by atoms with Gasteiger partial charge in [-0.25, -0.2) is 4.79 Å². The van der Waals surface area contributed by atoms with Crippen molar-refractivity contribution in [2.45, 2.75) is 51.1 Å². The number of likely N-dealkylation sites (tertiary alicyclic amines) is 1. The van der Waals surface area contributed by atoms with Crippen LogP contribution in [-0.2, 0) is 0 Å². The number of nitrogens with one attached hydrogen (secondary N) is 1. The summed E-state index contributed by atoms with van der Waals surface area (Å²) in [4.78, 5) is 21.6. The lowest BCUT2D eigenvalue weighted by molar-refractivity contribution is 0.186. The first-order chi connectivity index (χ1) is 13.1. The first-order valence-electron chi connectivity index (χ1n) is 9.82. The molecule has 0 saturated carbocycles. The highest BCUT2D eigenvalue weighted by molar-refractivity contribution is 5.75. The molecule has 27 heavy (non-hydrogen) atoms. The van der Waals surface area contributed by atoms with E-state index in [9.17, 15) is 4.79 Å². The molecule has 0 spiro atoms. The molecule has 0 bridgehead atoms. The van der Waals surface area contributed by atoms with Crippen LogP contribution in [0.4, 0.5) is 10.5 Å². The van der Waals surface area contributed by atoms with Gasteiger partial charge in [0, 0.05) is 37.3 Å². The lowest BCUT2D eigenvalue weighted by atomic mass is 10.2. The highest BCUT2D eigenvalue weighted by Crippen LogP contribution is 2.31. The molecule has 144 valence electrons. The number of para-hydroxylation sites is 1. The first kappa shape index (κ1) is 17.8. The maximum absolute atomic E-state index is 12.9. The van der Waals surface area contributed by atoms with Crippen molar-refractivity contribution in [3.8, 4) is 0 Å². The number of carbonyl (C=O) groups excluding carboxylic acids is 1. The van der Waals surface area contributed by atoms with Gasteiger partial charge in [0.25, 0.3) is 0 Å². The zero-order valence-corrected chi connectivity index (χ0v) is 16.0. The molecule has 2 aliphatic rings. The van der Waals surface area contributed by atoms with Crippen LogP contribution < -0.4 is 10.2 Å². The van der Waals surface area contributed by atoms with Crippen molar-refractivity contribution in [1.82, 2.24) is 20.4 Å². The molecule has 0 aliphatic carbocycles. The third kappa shape index (κ3) is 3.77. The van der Waals surface area contributed by atoms with Gasteiger partial charge >= 0.3 is 6.03 Å². The number of urea groups is 1. The van der Waals surface area contributed by atoms with E-state index < -0.39 is 0 Å². The van der Waals surface area contributed by atoms with Crippen LogP contribution in [0.3, 0.4) is 0 Å². The SMILES string of the molecule is CC(C)c1nc(C2CCCN2C(=O)NC2CCN(c3ccccc3)C2)no1. The van der Waals surface area contributed by atoms with Gasteiger partial charge in [-0.2, -0.15) is 4.98 Å². The smallest absolute Gasteiger partial charge is 0.318 e. The molecule has 1 aromatic carbocycles. The summed E-state index contributed by atoms with van der Waals surface area (Å²) in [5.74, 6) is 1.45. The molecule has 0 radical (unpaired) electrons. The van der Waals surface area contributed by atoms with E-state index in [1.165, 1.54) is 5.69 Å². The third-order valence-corrected chi connectivity index (χ3v) is 5.40. The van der Waals surface area contributed by atoms with Crippen LogP contribution in [0.2, 0.25) is 0 Å². The van der Waals surface area contributed by atoms with Crippen molar-refractivity contribution in [1.29, 1.82) is 0 Å². The molecule has 7 heteroatoms. The molecular formula is C20H27N5O2. The standard InChI is InChI=1S/C20H27N5O2/c1-14(2)19-22-18(23-27-19)17-9-6-11-25(17)20(26)21-15-10-12-24(13-15)16-7-4-3-5-8-16/h3-5,7-8,14-15,17H,6,9-13H2,1-2H3,(H,21,26). The average molecular weight is 369 g/mol. The van der Waals surface area contributed by atoms with Crippen molar-refractivity contribution < 1.29 is 9.32 Å². The highest BCUT2D eigenvalue weighted by Gasteiger charge is 2.35. The molecule has 2 aliphatic heterocycles. The van der Waals surface area contributed by atoms with Gasteiger partial charge in [0.15, 0.2) is 5.82 Å². The minimum Gasteiger partial charge on any atom is -0.369 e. The van der Waals surface area contributed by atoms with E-state index in [4.69, 9.17) is 4.52 Å². The number of hydrogen-bond donors (Lipinski definition) is 1. The molecule has 2 amide bonds. The van der Waals surface area contributed by atoms with E-state index in [-0.39, 0.29) is 24.0 Å². The summed E-state index contributed by atoms with van der Waals surface area (Å²) in [6.07, 6.45) is 2.80. The molecule has 2 atom stereocenters. The summed E-state index contributed by atoms with van der Waals surface area (Å²) in [7, 11) is 0. The Kier molecular flexibility index (Phi) is 5.01. The summed E-state index contributed by atoms with van der Waals surface area (Å²) in [6, 6.07) is 10.4. The second-order valence-corrected chi connectivity index (χ2v) is 7.71. The Morgan fingerprint density at radius 2 is 2.04 bits per heavy atom. The van der Waals surface area contributed by atoms with Crippen LogP contribution in [0.5, 0.6) is 0 Å². The number of hydrogen-bond acceptors (Lipinski definition) is 5. The van der Waals surface area contributed by atoms with Gasteiger partial charge in [0.2, 0.25) is 5.89 Å². The fraction of sp³-hybridized carbons (Fsp3) is 0.550. The lowest BCUT2D eigenvalue weighted by Gasteiger charge is -2.25. The fourth-order valence-corrected chi connectivity index (χ4v) is 3.90. The molecule has 4 rings (SSSR count). The van der Waals surface area contributed by atoms with Crippen molar-refractivity contribution in [3.63, 3.8) is 0 Å². The maximum Gasteiger partial charge on any atom is 0.318 e. The number of aromatic nitrogens is 2. The largest absolute Gasteiger partial charge is 0.369 e. The van der Waals surface area contributed by atoms with Crippen LogP contribution in [0.25, 0.3) is 0 Å². The van der Waals surface area contributed by atoms with Gasteiger partial charge in [-0.15, -0.1) is 0 Å². The summed E-state index contributed by atoms with van der Waals surface area (Å²) in [6.45, 7) is 6.58.